The van der Waals surface area contributed by atoms with E-state index in [1.165, 1.54) is 22.9 Å². The Balaban J connectivity index is 1.66. The topological polar surface area (TPSA) is 136 Å². The summed E-state index contributed by atoms with van der Waals surface area (Å²) >= 11 is 0. The van der Waals surface area contributed by atoms with Gasteiger partial charge >= 0.3 is 0 Å². The van der Waals surface area contributed by atoms with Crippen LogP contribution in [0.25, 0.3) is 28.0 Å². The van der Waals surface area contributed by atoms with E-state index >= 15 is 0 Å². The Morgan fingerprint density at radius 2 is 1.77 bits per heavy atom. The van der Waals surface area contributed by atoms with Crippen LogP contribution in [0.4, 0.5) is 10.2 Å². The molecular weight excluding hydrogens is 563 g/mol. The van der Waals surface area contributed by atoms with Crippen LogP contribution in [0.1, 0.15) is 39.9 Å². The van der Waals surface area contributed by atoms with E-state index in [0.717, 1.165) is 22.0 Å². The Morgan fingerprint density at radius 1 is 1.00 bits per heavy atom. The van der Waals surface area contributed by atoms with Gasteiger partial charge in [0.15, 0.2) is 5.82 Å². The van der Waals surface area contributed by atoms with Crippen molar-refractivity contribution in [1.29, 1.82) is 0 Å². The van der Waals surface area contributed by atoms with Crippen LogP contribution in [0.15, 0.2) is 59.7 Å². The van der Waals surface area contributed by atoms with Crippen LogP contribution in [-0.2, 0) is 11.3 Å². The maximum atomic E-state index is 14.0. The maximum absolute atomic E-state index is 14.0. The lowest BCUT2D eigenvalue weighted by Crippen LogP contribution is -2.38. The molecule has 226 valence electrons. The summed E-state index contributed by atoms with van der Waals surface area (Å²) < 4.78 is 17.3. The fourth-order valence-corrected chi connectivity index (χ4v) is 5.02. The van der Waals surface area contributed by atoms with Crippen molar-refractivity contribution in [2.24, 2.45) is 0 Å². The van der Waals surface area contributed by atoms with Crippen molar-refractivity contribution in [3.05, 3.63) is 99.2 Å². The molecule has 44 heavy (non-hydrogen) atoms. The van der Waals surface area contributed by atoms with E-state index in [2.05, 4.69) is 30.9 Å². The van der Waals surface area contributed by atoms with Crippen molar-refractivity contribution >= 4 is 28.5 Å². The number of halogens is 1. The summed E-state index contributed by atoms with van der Waals surface area (Å²) in [6, 6.07) is 11.0. The van der Waals surface area contributed by atoms with Crippen LogP contribution in [0.3, 0.4) is 0 Å². The van der Waals surface area contributed by atoms with E-state index in [1.54, 1.807) is 58.3 Å². The van der Waals surface area contributed by atoms with E-state index in [0.29, 0.717) is 34.2 Å². The number of nitrogens with zero attached hydrogens (tertiary/aromatic N) is 5. The van der Waals surface area contributed by atoms with Crippen LogP contribution in [-0.4, -0.2) is 56.0 Å². The number of aromatic nitrogens is 5. The third-order valence-corrected chi connectivity index (χ3v) is 7.54. The summed E-state index contributed by atoms with van der Waals surface area (Å²) in [6.07, 6.45) is 3.38. The van der Waals surface area contributed by atoms with Crippen LogP contribution >= 0.6 is 0 Å². The summed E-state index contributed by atoms with van der Waals surface area (Å²) in [4.78, 5) is 52.6. The standard InChI is InChI=1S/C32H33FN8O3/c1-17-7-8-21(31(43)35-6)11-24(17)27-14-36-29(39-30(42)19(3)34-5)32(44)41(27)16-23-13-28(38-20(4)37-23)40-15-18(2)25-12-22(33)9-10-26(25)40/h7-15,19,34H,16H2,1-6H3,(H,35,43)(H,36,39,42)/t19-/m0/s1. The maximum Gasteiger partial charge on any atom is 0.294 e. The molecule has 0 aliphatic rings. The predicted octanol–water partition coefficient (Wildman–Crippen LogP) is 3.66. The molecule has 0 saturated heterocycles. The van der Waals surface area contributed by atoms with Crippen molar-refractivity contribution in [3.63, 3.8) is 0 Å². The third-order valence-electron chi connectivity index (χ3n) is 7.54. The molecule has 12 heteroatoms. The van der Waals surface area contributed by atoms with Gasteiger partial charge in [-0.25, -0.2) is 19.3 Å². The van der Waals surface area contributed by atoms with Gasteiger partial charge < -0.3 is 20.5 Å². The number of fused-ring (bicyclic) bond motifs is 1. The molecule has 0 saturated carbocycles. The van der Waals surface area contributed by atoms with Gasteiger partial charge in [0.2, 0.25) is 5.91 Å². The van der Waals surface area contributed by atoms with Gasteiger partial charge in [-0.1, -0.05) is 6.07 Å². The van der Waals surface area contributed by atoms with Crippen molar-refractivity contribution in [2.45, 2.75) is 40.3 Å². The predicted molar refractivity (Wildman–Crippen MR) is 167 cm³/mol. The number of hydrogen-bond donors (Lipinski definition) is 3. The first kappa shape index (κ1) is 30.2. The monoisotopic (exact) mass is 596 g/mol. The number of anilines is 1. The zero-order valence-electron chi connectivity index (χ0n) is 25.3. The third kappa shape index (κ3) is 5.84. The van der Waals surface area contributed by atoms with E-state index in [-0.39, 0.29) is 24.1 Å². The van der Waals surface area contributed by atoms with Crippen LogP contribution in [0.2, 0.25) is 0 Å². The molecule has 3 heterocycles. The van der Waals surface area contributed by atoms with Gasteiger partial charge in [0.1, 0.15) is 17.5 Å². The molecule has 5 rings (SSSR count). The molecule has 11 nitrogen and oxygen atoms in total. The first-order chi connectivity index (χ1) is 21.0. The first-order valence-electron chi connectivity index (χ1n) is 14.0. The highest BCUT2D eigenvalue weighted by atomic mass is 19.1. The largest absolute Gasteiger partial charge is 0.355 e. The minimum absolute atomic E-state index is 0.00789. The average molecular weight is 597 g/mol. The lowest BCUT2D eigenvalue weighted by Gasteiger charge is -2.18. The average Bonchev–Trinajstić information content (AvgIpc) is 3.33. The lowest BCUT2D eigenvalue weighted by molar-refractivity contribution is -0.117. The number of hydrogen-bond acceptors (Lipinski definition) is 7. The lowest BCUT2D eigenvalue weighted by atomic mass is 10.0. The molecule has 0 unspecified atom stereocenters. The second kappa shape index (κ2) is 12.2. The van der Waals surface area contributed by atoms with E-state index in [9.17, 15) is 18.8 Å². The molecule has 0 aliphatic carbocycles. The molecule has 0 spiro atoms. The SMILES string of the molecule is CNC(=O)c1ccc(C)c(-c2cnc(NC(=O)[C@H](C)NC)c(=O)n2Cc2cc(-n3cc(C)c4cc(F)ccc43)nc(C)n2)c1. The van der Waals surface area contributed by atoms with Crippen LogP contribution in [0, 0.1) is 26.6 Å². The number of rotatable bonds is 8. The number of carbonyl (C=O) groups excluding carboxylic acids is 2. The minimum Gasteiger partial charge on any atom is -0.355 e. The molecule has 1 atom stereocenters. The molecule has 5 aromatic rings. The number of benzene rings is 2. The Morgan fingerprint density at radius 3 is 2.50 bits per heavy atom. The van der Waals surface area contributed by atoms with Gasteiger partial charge in [-0.2, -0.15) is 0 Å². The molecule has 0 radical (unpaired) electrons. The molecule has 2 aromatic carbocycles. The van der Waals surface area contributed by atoms with Gasteiger partial charge in [0, 0.05) is 35.8 Å². The number of likely N-dealkylation sites (N-methyl/N-ethyl adjacent to an activating group) is 1. The first-order valence-corrected chi connectivity index (χ1v) is 14.0. The van der Waals surface area contributed by atoms with Crippen molar-refractivity contribution in [1.82, 2.24) is 34.7 Å². The fraction of sp³-hybridized carbons (Fsp3) is 0.250. The highest BCUT2D eigenvalue weighted by Crippen LogP contribution is 2.27. The number of amides is 2. The summed E-state index contributed by atoms with van der Waals surface area (Å²) in [7, 11) is 3.19. The van der Waals surface area contributed by atoms with Gasteiger partial charge in [0.25, 0.3) is 11.5 Å². The second-order valence-electron chi connectivity index (χ2n) is 10.6. The Labute approximate surface area is 253 Å². The van der Waals surface area contributed by atoms with Gasteiger partial charge in [0.05, 0.1) is 35.7 Å². The zero-order valence-corrected chi connectivity index (χ0v) is 25.3. The number of carbonyl (C=O) groups is 2. The minimum atomic E-state index is -0.559. The molecule has 3 N–H and O–H groups in total. The molecule has 0 fully saturated rings. The zero-order chi connectivity index (χ0) is 31.7. The van der Waals surface area contributed by atoms with E-state index < -0.39 is 17.5 Å². The number of aryl methyl sites for hydroxylation is 3. The molecule has 3 aromatic heterocycles. The Hall–Kier alpha value is -5.23. The van der Waals surface area contributed by atoms with E-state index in [4.69, 9.17) is 0 Å². The van der Waals surface area contributed by atoms with Crippen LogP contribution in [0.5, 0.6) is 0 Å². The van der Waals surface area contributed by atoms with Gasteiger partial charge in [-0.05, 0) is 76.2 Å². The second-order valence-corrected chi connectivity index (χ2v) is 10.6. The smallest absolute Gasteiger partial charge is 0.294 e. The molecule has 2 amide bonds. The normalized spacial score (nSPS) is 11.9. The fourth-order valence-electron chi connectivity index (χ4n) is 5.02. The van der Waals surface area contributed by atoms with Gasteiger partial charge in [-0.3, -0.25) is 19.0 Å². The Bertz CT molecular complexity index is 1980. The molecule has 0 aliphatic heterocycles. The molecular formula is C32H33FN8O3. The summed E-state index contributed by atoms with van der Waals surface area (Å²) in [5.74, 6) is -0.137. The van der Waals surface area contributed by atoms with Crippen molar-refractivity contribution in [3.8, 4) is 17.1 Å². The molecule has 0 bridgehead atoms. The van der Waals surface area contributed by atoms with Crippen molar-refractivity contribution < 1.29 is 14.0 Å². The highest BCUT2D eigenvalue weighted by Gasteiger charge is 2.20. The number of nitrogens with one attached hydrogen (secondary N) is 3. The van der Waals surface area contributed by atoms with Crippen LogP contribution < -0.4 is 21.5 Å². The quantitative estimate of drug-likeness (QED) is 0.249. The van der Waals surface area contributed by atoms with Gasteiger partial charge in [-0.15, -0.1) is 0 Å². The Kier molecular flexibility index (Phi) is 8.36. The highest BCUT2D eigenvalue weighted by molar-refractivity contribution is 5.96. The summed E-state index contributed by atoms with van der Waals surface area (Å²) in [5, 5.41) is 8.85. The summed E-state index contributed by atoms with van der Waals surface area (Å²) in [5.41, 5.74) is 3.93. The van der Waals surface area contributed by atoms with Crippen molar-refractivity contribution in [2.75, 3.05) is 19.4 Å². The summed E-state index contributed by atoms with van der Waals surface area (Å²) in [6.45, 7) is 7.20. The van der Waals surface area contributed by atoms with E-state index in [1.807, 2.05) is 24.6 Å².